The highest BCUT2D eigenvalue weighted by Gasteiger charge is 2.39. The van der Waals surface area contributed by atoms with Gasteiger partial charge in [-0.3, -0.25) is 4.79 Å². The van der Waals surface area contributed by atoms with E-state index in [-0.39, 0.29) is 23.9 Å². The minimum Gasteiger partial charge on any atom is -0.497 e. The molecule has 0 aliphatic heterocycles. The Bertz CT molecular complexity index is 739. The Labute approximate surface area is 203 Å². The van der Waals surface area contributed by atoms with E-state index in [4.69, 9.17) is 9.47 Å². The summed E-state index contributed by atoms with van der Waals surface area (Å²) in [5.74, 6) is 2.10. The summed E-state index contributed by atoms with van der Waals surface area (Å²) >= 11 is 1.82. The molecule has 1 aromatic carbocycles. The largest absolute Gasteiger partial charge is 0.497 e. The van der Waals surface area contributed by atoms with Crippen LogP contribution in [0.3, 0.4) is 0 Å². The molecule has 1 aromatic rings. The summed E-state index contributed by atoms with van der Waals surface area (Å²) in [6.07, 6.45) is 8.35. The number of methoxy groups -OCH3 is 1. The van der Waals surface area contributed by atoms with E-state index >= 15 is 0 Å². The van der Waals surface area contributed by atoms with E-state index in [0.717, 1.165) is 68.6 Å². The summed E-state index contributed by atoms with van der Waals surface area (Å²) in [5, 5.41) is 23.5. The summed E-state index contributed by atoms with van der Waals surface area (Å²) in [5.41, 5.74) is 0.754. The monoisotopic (exact) mass is 479 g/mol. The number of unbranched alkanes of at least 4 members (excludes halogenated alkanes) is 4. The van der Waals surface area contributed by atoms with Gasteiger partial charge in [-0.15, -0.1) is 11.8 Å². The second-order valence-electron chi connectivity index (χ2n) is 9.15. The molecule has 6 nitrogen and oxygen atoms in total. The average Bonchev–Trinajstić information content (AvgIpc) is 3.10. The zero-order valence-electron chi connectivity index (χ0n) is 20.4. The number of rotatable bonds is 15. The molecule has 2 N–H and O–H groups in total. The number of carbonyl (C=O) groups is 1. The van der Waals surface area contributed by atoms with Crippen molar-refractivity contribution in [3.8, 4) is 5.75 Å². The summed E-state index contributed by atoms with van der Waals surface area (Å²) in [6.45, 7) is 3.73. The van der Waals surface area contributed by atoms with Crippen LogP contribution in [-0.2, 0) is 9.53 Å². The quantitative estimate of drug-likeness (QED) is 0.104. The topological polar surface area (TPSA) is 88.4 Å². The molecule has 2 rings (SSSR count). The van der Waals surface area contributed by atoms with E-state index < -0.39 is 6.10 Å². The maximum Gasteiger partial charge on any atom is 0.306 e. The molecule has 1 aliphatic carbocycles. The van der Waals surface area contributed by atoms with Crippen LogP contribution in [-0.4, -0.2) is 47.1 Å². The minimum atomic E-state index is -0.423. The van der Waals surface area contributed by atoms with Crippen LogP contribution in [0.2, 0.25) is 0 Å². The fourth-order valence-corrected chi connectivity index (χ4v) is 5.55. The highest BCUT2D eigenvalue weighted by Crippen LogP contribution is 2.37. The van der Waals surface area contributed by atoms with E-state index in [1.54, 1.807) is 7.11 Å². The Kier molecular flexibility index (Phi) is 12.7. The number of aliphatic hydroxyl groups excluding tert-OH is 1. The molecule has 3 atom stereocenters. The van der Waals surface area contributed by atoms with Gasteiger partial charge in [-0.25, -0.2) is 0 Å². The fraction of sp³-hybridized carbons (Fsp3) is 0.692. The molecule has 1 fully saturated rings. The van der Waals surface area contributed by atoms with Crippen molar-refractivity contribution in [1.82, 2.24) is 0 Å². The summed E-state index contributed by atoms with van der Waals surface area (Å²) in [6, 6.07) is 8.11. The average molecular weight is 480 g/mol. The second kappa shape index (κ2) is 15.2. The van der Waals surface area contributed by atoms with Crippen molar-refractivity contribution in [1.29, 1.82) is 0 Å². The number of thioether (sulfide) groups is 1. The molecule has 0 aromatic heterocycles. The lowest BCUT2D eigenvalue weighted by Crippen LogP contribution is -2.21. The van der Waals surface area contributed by atoms with E-state index in [0.29, 0.717) is 12.8 Å². The summed E-state index contributed by atoms with van der Waals surface area (Å²) in [7, 11) is 1.68. The third-order valence-electron chi connectivity index (χ3n) is 6.24. The lowest BCUT2D eigenvalue weighted by molar-refractivity contribution is -0.147. The molecule has 0 spiro atoms. The van der Waals surface area contributed by atoms with Crippen molar-refractivity contribution in [2.24, 2.45) is 17.0 Å². The minimum absolute atomic E-state index is 0.0545. The first-order valence-electron chi connectivity index (χ1n) is 12.3. The van der Waals surface area contributed by atoms with Gasteiger partial charge in [0.2, 0.25) is 0 Å². The van der Waals surface area contributed by atoms with Gasteiger partial charge in [0.1, 0.15) is 5.75 Å². The van der Waals surface area contributed by atoms with Crippen LogP contribution in [0.15, 0.2) is 34.3 Å². The van der Waals surface area contributed by atoms with Crippen molar-refractivity contribution >= 4 is 23.4 Å². The number of ether oxygens (including phenoxy) is 2. The zero-order chi connectivity index (χ0) is 24.1. The van der Waals surface area contributed by atoms with Crippen LogP contribution in [0.1, 0.15) is 78.1 Å². The van der Waals surface area contributed by atoms with Gasteiger partial charge >= 0.3 is 5.97 Å². The molecule has 1 aliphatic rings. The van der Waals surface area contributed by atoms with Crippen LogP contribution >= 0.6 is 11.8 Å². The number of hydrogen-bond acceptors (Lipinski definition) is 7. The van der Waals surface area contributed by atoms with E-state index in [1.165, 1.54) is 4.90 Å². The van der Waals surface area contributed by atoms with Gasteiger partial charge in [0.15, 0.2) is 0 Å². The normalized spacial score (nSPS) is 21.6. The first kappa shape index (κ1) is 27.5. The Hall–Kier alpha value is -1.73. The van der Waals surface area contributed by atoms with Crippen molar-refractivity contribution in [3.05, 3.63) is 24.3 Å². The molecule has 0 radical (unpaired) electrons. The van der Waals surface area contributed by atoms with E-state index in [9.17, 15) is 15.1 Å². The van der Waals surface area contributed by atoms with Crippen molar-refractivity contribution in [2.75, 3.05) is 12.9 Å². The Morgan fingerprint density at radius 1 is 1.15 bits per heavy atom. The zero-order valence-corrected chi connectivity index (χ0v) is 21.2. The molecule has 0 saturated heterocycles. The number of carbonyl (C=O) groups excluding carboxylic acids is 1. The predicted molar refractivity (Wildman–Crippen MR) is 133 cm³/mol. The van der Waals surface area contributed by atoms with E-state index in [2.05, 4.69) is 17.3 Å². The van der Waals surface area contributed by atoms with Crippen LogP contribution in [0, 0.1) is 11.8 Å². The summed E-state index contributed by atoms with van der Waals surface area (Å²) in [4.78, 5) is 12.8. The standard InChI is InChI=1S/C26H41NO5S/c1-19(2)32-26(29)15-7-5-4-6-14-23-22(24(27-30)18-25(23)28)13-8-9-16-33-21-12-10-11-20(17-21)31-3/h10-12,17,19,22-23,25,28,30H,4-9,13-16,18H2,1-3H3/b27-24-/t22-,23-,25?/m1/s1. The number of oxime groups is 1. The van der Waals surface area contributed by atoms with Gasteiger partial charge in [0.05, 0.1) is 25.0 Å². The van der Waals surface area contributed by atoms with Gasteiger partial charge in [-0.1, -0.05) is 36.9 Å². The SMILES string of the molecule is COc1cccc(SCCCC[C@H]2/C(=N\O)CC(O)[C@@H]2CCCCCCC(=O)OC(C)C)c1. The first-order chi connectivity index (χ1) is 15.9. The molecule has 33 heavy (non-hydrogen) atoms. The number of aliphatic hydroxyl groups is 1. The molecule has 0 bridgehead atoms. The molecular formula is C26H41NO5S. The maximum atomic E-state index is 11.6. The third kappa shape index (κ3) is 9.97. The first-order valence-corrected chi connectivity index (χ1v) is 13.3. The third-order valence-corrected chi connectivity index (χ3v) is 7.32. The van der Waals surface area contributed by atoms with Crippen LogP contribution < -0.4 is 4.74 Å². The number of benzene rings is 1. The molecule has 0 amide bonds. The second-order valence-corrected chi connectivity index (χ2v) is 10.3. The number of nitrogens with zero attached hydrogens (tertiary/aromatic N) is 1. The van der Waals surface area contributed by atoms with Crippen molar-refractivity contribution in [3.63, 3.8) is 0 Å². The number of esters is 1. The lowest BCUT2D eigenvalue weighted by Gasteiger charge is -2.21. The van der Waals surface area contributed by atoms with E-state index in [1.807, 2.05) is 37.7 Å². The van der Waals surface area contributed by atoms with Crippen LogP contribution in [0.5, 0.6) is 5.75 Å². The Balaban J connectivity index is 1.68. The smallest absolute Gasteiger partial charge is 0.306 e. The molecule has 0 heterocycles. The van der Waals surface area contributed by atoms with Crippen molar-refractivity contribution < 1.29 is 24.6 Å². The van der Waals surface area contributed by atoms with Crippen LogP contribution in [0.25, 0.3) is 0 Å². The van der Waals surface area contributed by atoms with Crippen LogP contribution in [0.4, 0.5) is 0 Å². The van der Waals surface area contributed by atoms with Gasteiger partial charge in [-0.05, 0) is 69.4 Å². The Morgan fingerprint density at radius 2 is 1.91 bits per heavy atom. The molecule has 1 unspecified atom stereocenters. The highest BCUT2D eigenvalue weighted by molar-refractivity contribution is 7.99. The van der Waals surface area contributed by atoms with Gasteiger partial charge in [0, 0.05) is 23.7 Å². The molecule has 186 valence electrons. The fourth-order valence-electron chi connectivity index (χ4n) is 4.59. The van der Waals surface area contributed by atoms with Gasteiger partial charge in [-0.2, -0.15) is 0 Å². The maximum absolute atomic E-state index is 11.6. The highest BCUT2D eigenvalue weighted by atomic mass is 32.2. The van der Waals surface area contributed by atoms with Crippen molar-refractivity contribution in [2.45, 2.75) is 95.2 Å². The molecule has 7 heteroatoms. The molecular weight excluding hydrogens is 438 g/mol. The Morgan fingerprint density at radius 3 is 2.64 bits per heavy atom. The number of hydrogen-bond donors (Lipinski definition) is 2. The van der Waals surface area contributed by atoms with Gasteiger partial charge < -0.3 is 19.8 Å². The van der Waals surface area contributed by atoms with Gasteiger partial charge in [0.25, 0.3) is 0 Å². The predicted octanol–water partition coefficient (Wildman–Crippen LogP) is 6.08. The summed E-state index contributed by atoms with van der Waals surface area (Å²) < 4.78 is 10.4. The molecule has 1 saturated carbocycles. The lowest BCUT2D eigenvalue weighted by atomic mass is 9.85.